The molecule has 0 saturated carbocycles. The summed E-state index contributed by atoms with van der Waals surface area (Å²) in [5, 5.41) is 0. The Kier molecular flexibility index (Phi) is 3.37. The molecule has 0 amide bonds. The maximum Gasteiger partial charge on any atom is 0.0314 e. The van der Waals surface area contributed by atoms with Crippen molar-refractivity contribution in [3.63, 3.8) is 0 Å². The van der Waals surface area contributed by atoms with Crippen LogP contribution >= 0.6 is 0 Å². The van der Waals surface area contributed by atoms with Gasteiger partial charge in [0.2, 0.25) is 0 Å². The van der Waals surface area contributed by atoms with E-state index in [0.717, 1.165) is 12.1 Å². The van der Waals surface area contributed by atoms with E-state index in [2.05, 4.69) is 32.6 Å². The SMILES string of the molecule is C=C(C)[C@@H]1CCC(C)=C(c2ccc(N)cc2)C1. The van der Waals surface area contributed by atoms with Gasteiger partial charge in [-0.15, -0.1) is 0 Å². The average molecular weight is 227 g/mol. The van der Waals surface area contributed by atoms with Gasteiger partial charge in [-0.3, -0.25) is 0 Å². The Balaban J connectivity index is 2.29. The van der Waals surface area contributed by atoms with Crippen molar-refractivity contribution < 1.29 is 0 Å². The molecule has 0 saturated heterocycles. The van der Waals surface area contributed by atoms with Gasteiger partial charge in [0.1, 0.15) is 0 Å². The minimum Gasteiger partial charge on any atom is -0.399 e. The van der Waals surface area contributed by atoms with Crippen LogP contribution in [-0.2, 0) is 0 Å². The van der Waals surface area contributed by atoms with Gasteiger partial charge in [-0.05, 0) is 62.3 Å². The number of rotatable bonds is 2. The second-order valence-corrected chi connectivity index (χ2v) is 5.17. The highest BCUT2D eigenvalue weighted by Crippen LogP contribution is 2.38. The van der Waals surface area contributed by atoms with Crippen LogP contribution in [0.15, 0.2) is 42.0 Å². The molecule has 0 unspecified atom stereocenters. The molecule has 17 heavy (non-hydrogen) atoms. The molecule has 0 radical (unpaired) electrons. The Morgan fingerprint density at radius 1 is 1.29 bits per heavy atom. The third-order valence-corrected chi connectivity index (χ3v) is 3.79. The molecule has 1 aromatic carbocycles. The van der Waals surface area contributed by atoms with E-state index in [0.29, 0.717) is 5.92 Å². The Morgan fingerprint density at radius 2 is 1.94 bits per heavy atom. The van der Waals surface area contributed by atoms with Crippen LogP contribution in [0.1, 0.15) is 38.7 Å². The van der Waals surface area contributed by atoms with Gasteiger partial charge in [-0.2, -0.15) is 0 Å². The Hall–Kier alpha value is -1.50. The average Bonchev–Trinajstić information content (AvgIpc) is 2.31. The summed E-state index contributed by atoms with van der Waals surface area (Å²) in [7, 11) is 0. The minimum absolute atomic E-state index is 0.645. The van der Waals surface area contributed by atoms with Gasteiger partial charge >= 0.3 is 0 Å². The van der Waals surface area contributed by atoms with E-state index in [1.54, 1.807) is 0 Å². The summed E-state index contributed by atoms with van der Waals surface area (Å²) in [6, 6.07) is 8.24. The van der Waals surface area contributed by atoms with E-state index in [-0.39, 0.29) is 0 Å². The Bertz CT molecular complexity index is 451. The standard InChI is InChI=1S/C16H21N/c1-11(2)14-5-4-12(3)16(10-14)13-6-8-15(17)9-7-13/h6-9,14H,1,4-5,10,17H2,2-3H3/t14-/m1/s1. The maximum absolute atomic E-state index is 5.74. The molecule has 0 bridgehead atoms. The van der Waals surface area contributed by atoms with Gasteiger partial charge in [0.05, 0.1) is 0 Å². The van der Waals surface area contributed by atoms with E-state index in [1.807, 2.05) is 12.1 Å². The van der Waals surface area contributed by atoms with Gasteiger partial charge in [0, 0.05) is 5.69 Å². The highest BCUT2D eigenvalue weighted by Gasteiger charge is 2.20. The molecule has 0 heterocycles. The van der Waals surface area contributed by atoms with Gasteiger partial charge in [-0.25, -0.2) is 0 Å². The molecular formula is C16H21N. The molecule has 0 aromatic heterocycles. The molecule has 0 aliphatic heterocycles. The predicted molar refractivity (Wildman–Crippen MR) is 75.6 cm³/mol. The van der Waals surface area contributed by atoms with Crippen molar-refractivity contribution in [2.24, 2.45) is 5.92 Å². The third-order valence-electron chi connectivity index (χ3n) is 3.79. The number of allylic oxidation sites excluding steroid dienone is 3. The van der Waals surface area contributed by atoms with Gasteiger partial charge in [-0.1, -0.05) is 29.9 Å². The Morgan fingerprint density at radius 3 is 2.53 bits per heavy atom. The molecule has 1 aliphatic carbocycles. The summed E-state index contributed by atoms with van der Waals surface area (Å²) in [5.74, 6) is 0.645. The largest absolute Gasteiger partial charge is 0.399 e. The van der Waals surface area contributed by atoms with E-state index >= 15 is 0 Å². The van der Waals surface area contributed by atoms with E-state index in [9.17, 15) is 0 Å². The summed E-state index contributed by atoms with van der Waals surface area (Å²) in [5.41, 5.74) is 12.2. The fraction of sp³-hybridized carbons (Fsp3) is 0.375. The molecule has 2 rings (SSSR count). The van der Waals surface area contributed by atoms with Crippen molar-refractivity contribution in [1.29, 1.82) is 0 Å². The monoisotopic (exact) mass is 227 g/mol. The molecule has 1 aromatic rings. The first-order valence-electron chi connectivity index (χ1n) is 6.28. The van der Waals surface area contributed by atoms with Crippen molar-refractivity contribution in [3.05, 3.63) is 47.6 Å². The molecule has 2 N–H and O–H groups in total. The predicted octanol–water partition coefficient (Wildman–Crippen LogP) is 4.42. The van der Waals surface area contributed by atoms with E-state index in [4.69, 9.17) is 5.73 Å². The number of hydrogen-bond acceptors (Lipinski definition) is 1. The summed E-state index contributed by atoms with van der Waals surface area (Å²) in [6.07, 6.45) is 3.57. The zero-order chi connectivity index (χ0) is 12.4. The zero-order valence-electron chi connectivity index (χ0n) is 10.8. The highest BCUT2D eigenvalue weighted by molar-refractivity contribution is 5.70. The quantitative estimate of drug-likeness (QED) is 0.587. The number of nitrogens with two attached hydrogens (primary N) is 1. The number of hydrogen-bond donors (Lipinski definition) is 1. The summed E-state index contributed by atoms with van der Waals surface area (Å²) >= 11 is 0. The van der Waals surface area contributed by atoms with Crippen LogP contribution in [0.3, 0.4) is 0 Å². The lowest BCUT2D eigenvalue weighted by molar-refractivity contribution is 0.551. The van der Waals surface area contributed by atoms with Crippen molar-refractivity contribution in [2.45, 2.75) is 33.1 Å². The Labute approximate surface area is 104 Å². The molecular weight excluding hydrogens is 206 g/mol. The van der Waals surface area contributed by atoms with E-state index in [1.165, 1.54) is 35.1 Å². The van der Waals surface area contributed by atoms with Crippen LogP contribution in [0.2, 0.25) is 0 Å². The molecule has 1 heteroatoms. The second-order valence-electron chi connectivity index (χ2n) is 5.17. The lowest BCUT2D eigenvalue weighted by atomic mass is 9.79. The van der Waals surface area contributed by atoms with Gasteiger partial charge < -0.3 is 5.73 Å². The lowest BCUT2D eigenvalue weighted by Gasteiger charge is -2.26. The lowest BCUT2D eigenvalue weighted by Crippen LogP contribution is -2.09. The van der Waals surface area contributed by atoms with Crippen molar-refractivity contribution in [3.8, 4) is 0 Å². The van der Waals surface area contributed by atoms with Crippen LogP contribution in [0.4, 0.5) is 5.69 Å². The van der Waals surface area contributed by atoms with Gasteiger partial charge in [0.25, 0.3) is 0 Å². The summed E-state index contributed by atoms with van der Waals surface area (Å²) in [4.78, 5) is 0. The fourth-order valence-corrected chi connectivity index (χ4v) is 2.53. The van der Waals surface area contributed by atoms with Gasteiger partial charge in [0.15, 0.2) is 0 Å². The minimum atomic E-state index is 0.645. The molecule has 1 nitrogen and oxygen atoms in total. The topological polar surface area (TPSA) is 26.0 Å². The molecule has 90 valence electrons. The second kappa shape index (κ2) is 4.79. The smallest absolute Gasteiger partial charge is 0.0314 e. The zero-order valence-corrected chi connectivity index (χ0v) is 10.8. The van der Waals surface area contributed by atoms with Crippen molar-refractivity contribution in [1.82, 2.24) is 0 Å². The molecule has 1 aliphatic rings. The normalized spacial score (nSPS) is 20.5. The molecule has 0 fully saturated rings. The summed E-state index contributed by atoms with van der Waals surface area (Å²) in [6.45, 7) is 8.50. The maximum atomic E-state index is 5.74. The van der Waals surface area contributed by atoms with E-state index < -0.39 is 0 Å². The van der Waals surface area contributed by atoms with Crippen LogP contribution in [0.25, 0.3) is 5.57 Å². The number of benzene rings is 1. The number of anilines is 1. The van der Waals surface area contributed by atoms with Crippen LogP contribution in [0, 0.1) is 5.92 Å². The molecule has 1 atom stereocenters. The molecule has 0 spiro atoms. The van der Waals surface area contributed by atoms with Crippen LogP contribution < -0.4 is 5.73 Å². The van der Waals surface area contributed by atoms with Crippen molar-refractivity contribution in [2.75, 3.05) is 5.73 Å². The first-order chi connectivity index (χ1) is 8.08. The fourth-order valence-electron chi connectivity index (χ4n) is 2.53. The first kappa shape index (κ1) is 12.0. The van der Waals surface area contributed by atoms with Crippen LogP contribution in [-0.4, -0.2) is 0 Å². The van der Waals surface area contributed by atoms with Crippen molar-refractivity contribution >= 4 is 11.3 Å². The summed E-state index contributed by atoms with van der Waals surface area (Å²) < 4.78 is 0. The number of nitrogen functional groups attached to an aromatic ring is 1. The first-order valence-corrected chi connectivity index (χ1v) is 6.28. The van der Waals surface area contributed by atoms with Crippen LogP contribution in [0.5, 0.6) is 0 Å². The third kappa shape index (κ3) is 2.60. The highest BCUT2D eigenvalue weighted by atomic mass is 14.5.